The normalized spacial score (nSPS) is 13.8. The molecule has 0 aliphatic rings. The molecule has 0 aromatic heterocycles. The lowest BCUT2D eigenvalue weighted by molar-refractivity contribution is -0.124. The van der Waals surface area contributed by atoms with E-state index in [2.05, 4.69) is 33.3 Å². The molecule has 0 aliphatic carbocycles. The monoisotopic (exact) mass is 597 g/mol. The average molecular weight is 597 g/mol. The van der Waals surface area contributed by atoms with Crippen molar-refractivity contribution in [3.8, 4) is 0 Å². The predicted octanol–water partition coefficient (Wildman–Crippen LogP) is 6.58. The molecule has 0 aromatic carbocycles. The molecule has 11 heteroatoms. The van der Waals surface area contributed by atoms with E-state index in [0.717, 1.165) is 32.1 Å². The van der Waals surface area contributed by atoms with Crippen LogP contribution in [0.2, 0.25) is 0 Å². The first-order chi connectivity index (χ1) is 18.8. The van der Waals surface area contributed by atoms with Gasteiger partial charge in [-0.3, -0.25) is 9.59 Å². The van der Waals surface area contributed by atoms with E-state index in [1.54, 1.807) is 0 Å². The van der Waals surface area contributed by atoms with Gasteiger partial charge < -0.3 is 19.6 Å². The molecule has 0 heterocycles. The Bertz CT molecular complexity index is 596. The lowest BCUT2D eigenvalue weighted by Crippen LogP contribution is -2.47. The zero-order chi connectivity index (χ0) is 29.1. The summed E-state index contributed by atoms with van der Waals surface area (Å²) in [6, 6.07) is -0.315. The van der Waals surface area contributed by atoms with Gasteiger partial charge in [0.25, 0.3) is 0 Å². The average Bonchev–Trinajstić information content (AvgIpc) is 2.88. The SMILES string of the molecule is [B][Si](P)OCC(CNC(=O)CC(CCCCCCC)OP([B])C)NC(=O)CCCCCCCCCCCCC. The first-order valence-corrected chi connectivity index (χ1v) is 20.6. The van der Waals surface area contributed by atoms with E-state index in [9.17, 15) is 9.59 Å². The largest absolute Gasteiger partial charge is 0.420 e. The molecule has 0 spiro atoms. The van der Waals surface area contributed by atoms with Crippen LogP contribution in [-0.4, -0.2) is 67.4 Å². The number of nitrogens with one attached hydrogen (secondary N) is 2. The third-order valence-electron chi connectivity index (χ3n) is 6.73. The quantitative estimate of drug-likeness (QED) is 0.0607. The summed E-state index contributed by atoms with van der Waals surface area (Å²) in [6.45, 7) is 6.88. The minimum Gasteiger partial charge on any atom is -0.420 e. The van der Waals surface area contributed by atoms with Crippen molar-refractivity contribution in [3.05, 3.63) is 0 Å². The maximum atomic E-state index is 12.7. The van der Waals surface area contributed by atoms with Gasteiger partial charge in [-0.1, -0.05) is 110 Å². The number of amides is 2. The van der Waals surface area contributed by atoms with Gasteiger partial charge in [0.15, 0.2) is 8.58 Å². The first kappa shape index (κ1) is 39.1. The van der Waals surface area contributed by atoms with Crippen LogP contribution in [0.5, 0.6) is 0 Å². The zero-order valence-corrected chi connectivity index (χ0v) is 28.4. The molecule has 2 N–H and O–H groups in total. The van der Waals surface area contributed by atoms with Crippen molar-refractivity contribution in [2.45, 2.75) is 148 Å². The molecule has 4 unspecified atom stereocenters. The number of carbonyl (C=O) groups excluding carboxylic acids is 2. The van der Waals surface area contributed by atoms with Crippen LogP contribution in [-0.2, 0) is 18.5 Å². The smallest absolute Gasteiger partial charge is 0.222 e. The maximum Gasteiger partial charge on any atom is 0.222 e. The predicted molar refractivity (Wildman–Crippen MR) is 175 cm³/mol. The molecule has 5 radical (unpaired) electrons. The zero-order valence-electron chi connectivity index (χ0n) is 25.3. The van der Waals surface area contributed by atoms with E-state index in [1.165, 1.54) is 77.0 Å². The Balaban J connectivity index is 4.33. The summed E-state index contributed by atoms with van der Waals surface area (Å²) in [5.74, 6) is -0.101. The minimum absolute atomic E-state index is 0.00336. The Labute approximate surface area is 248 Å². The number of hydrogen-bond acceptors (Lipinski definition) is 4. The maximum absolute atomic E-state index is 12.7. The van der Waals surface area contributed by atoms with Gasteiger partial charge in [0.05, 0.1) is 32.6 Å². The van der Waals surface area contributed by atoms with Crippen molar-refractivity contribution in [1.29, 1.82) is 0 Å². The Morgan fingerprint density at radius 1 is 0.846 bits per heavy atom. The van der Waals surface area contributed by atoms with Gasteiger partial charge in [0, 0.05) is 13.0 Å². The Hall–Kier alpha value is 0.0668. The van der Waals surface area contributed by atoms with Crippen LogP contribution in [0.4, 0.5) is 0 Å². The van der Waals surface area contributed by atoms with Crippen LogP contribution in [0.25, 0.3) is 0 Å². The van der Waals surface area contributed by atoms with Crippen molar-refractivity contribution in [1.82, 2.24) is 10.6 Å². The molecule has 2 amide bonds. The lowest BCUT2D eigenvalue weighted by atomic mass is 10.1. The highest BCUT2D eigenvalue weighted by molar-refractivity contribution is 7.77. The second kappa shape index (κ2) is 28.2. The topological polar surface area (TPSA) is 76.7 Å². The number of carbonyl (C=O) groups is 2. The van der Waals surface area contributed by atoms with Crippen LogP contribution in [0.15, 0.2) is 0 Å². The standard InChI is InChI=1S/C28H57B2N2O4P2Si/c1-4-6-8-10-11-12-13-14-15-17-19-21-27(33)32-25(24-35-39(30)37)23-31-28(34)22-26(36-38(3)29)20-18-16-9-7-5-2/h25-26H,4-24,37H2,1-3H3,(H,31,34)(H,32,33). The molecule has 223 valence electrons. The highest BCUT2D eigenvalue weighted by atomic mass is 31.3. The molecule has 4 atom stereocenters. The summed E-state index contributed by atoms with van der Waals surface area (Å²) in [5.41, 5.74) is 0. The molecule has 0 fully saturated rings. The van der Waals surface area contributed by atoms with Crippen LogP contribution in [0.1, 0.15) is 136 Å². The Kier molecular flexibility index (Phi) is 28.2. The van der Waals surface area contributed by atoms with E-state index in [4.69, 9.17) is 24.0 Å². The van der Waals surface area contributed by atoms with Crippen LogP contribution in [0.3, 0.4) is 0 Å². The fraction of sp³-hybridized carbons (Fsp3) is 0.929. The van der Waals surface area contributed by atoms with Gasteiger partial charge in [-0.2, -0.15) is 0 Å². The molecule has 0 aromatic rings. The van der Waals surface area contributed by atoms with Gasteiger partial charge >= 0.3 is 0 Å². The van der Waals surface area contributed by atoms with Crippen molar-refractivity contribution >= 4 is 52.2 Å². The molecular weight excluding hydrogens is 540 g/mol. The van der Waals surface area contributed by atoms with Crippen molar-refractivity contribution in [2.24, 2.45) is 0 Å². The summed E-state index contributed by atoms with van der Waals surface area (Å²) in [7, 11) is 11.7. The molecule has 0 aliphatic heterocycles. The molecule has 0 bridgehead atoms. The number of rotatable bonds is 28. The summed E-state index contributed by atoms with van der Waals surface area (Å²) in [4.78, 5) is 25.2. The molecule has 6 nitrogen and oxygen atoms in total. The van der Waals surface area contributed by atoms with Crippen LogP contribution >= 0.6 is 16.8 Å². The molecule has 0 saturated carbocycles. The Morgan fingerprint density at radius 3 is 1.87 bits per heavy atom. The third-order valence-corrected chi connectivity index (χ3v) is 8.36. The van der Waals surface area contributed by atoms with Crippen molar-refractivity contribution in [2.75, 3.05) is 19.8 Å². The lowest BCUT2D eigenvalue weighted by Gasteiger charge is -2.23. The van der Waals surface area contributed by atoms with Crippen LogP contribution in [0, 0.1) is 0 Å². The van der Waals surface area contributed by atoms with Crippen molar-refractivity contribution < 1.29 is 18.5 Å². The van der Waals surface area contributed by atoms with Crippen LogP contribution < -0.4 is 10.6 Å². The van der Waals surface area contributed by atoms with Gasteiger partial charge in [-0.15, -0.1) is 8.79 Å². The molecular formula is C28H57B2N2O4P2Si. The fourth-order valence-corrected chi connectivity index (χ4v) is 5.85. The number of hydrogen-bond donors (Lipinski definition) is 2. The second-order valence-electron chi connectivity index (χ2n) is 10.7. The summed E-state index contributed by atoms with van der Waals surface area (Å²) in [5, 5.41) is 5.98. The van der Waals surface area contributed by atoms with E-state index in [0.29, 0.717) is 13.0 Å². The molecule has 39 heavy (non-hydrogen) atoms. The first-order valence-electron chi connectivity index (χ1n) is 15.5. The van der Waals surface area contributed by atoms with Gasteiger partial charge in [-0.25, -0.2) is 0 Å². The summed E-state index contributed by atoms with van der Waals surface area (Å²) < 4.78 is 11.5. The van der Waals surface area contributed by atoms with Gasteiger partial charge in [-0.05, 0) is 27.5 Å². The van der Waals surface area contributed by atoms with E-state index < -0.39 is 16.6 Å². The van der Waals surface area contributed by atoms with E-state index >= 15 is 0 Å². The minimum atomic E-state index is -1.47. The summed E-state index contributed by atoms with van der Waals surface area (Å²) in [6.07, 6.45) is 21.0. The molecule has 0 saturated heterocycles. The van der Waals surface area contributed by atoms with Gasteiger partial charge in [0.2, 0.25) is 11.8 Å². The number of unbranched alkanes of at least 4 members (excludes halogenated alkanes) is 14. The molecule has 0 rings (SSSR count). The Morgan fingerprint density at radius 2 is 1.36 bits per heavy atom. The highest BCUT2D eigenvalue weighted by Crippen LogP contribution is 2.30. The fourth-order valence-electron chi connectivity index (χ4n) is 4.52. The second-order valence-corrected chi connectivity index (χ2v) is 14.9. The third kappa shape index (κ3) is 28.0. The summed E-state index contributed by atoms with van der Waals surface area (Å²) >= 11 is 0. The van der Waals surface area contributed by atoms with E-state index in [1.807, 2.05) is 6.66 Å². The van der Waals surface area contributed by atoms with E-state index in [-0.39, 0.29) is 37.0 Å². The van der Waals surface area contributed by atoms with Gasteiger partial charge in [0.1, 0.15) is 7.57 Å². The van der Waals surface area contributed by atoms with Crippen molar-refractivity contribution in [3.63, 3.8) is 0 Å². The highest BCUT2D eigenvalue weighted by Gasteiger charge is 2.19.